The minimum Gasteiger partial charge on any atom is -0.368 e. The van der Waals surface area contributed by atoms with Gasteiger partial charge in [-0.25, -0.2) is 4.68 Å². The number of nitrogens with zero attached hydrogens (tertiary/aromatic N) is 3. The fourth-order valence-corrected chi connectivity index (χ4v) is 2.20. The van der Waals surface area contributed by atoms with Gasteiger partial charge in [-0.2, -0.15) is 5.10 Å². The normalized spacial score (nSPS) is 18.1. The molecule has 0 bridgehead atoms. The molecule has 1 amide bonds. The summed E-state index contributed by atoms with van der Waals surface area (Å²) in [5.74, 6) is 0.557. The number of ether oxygens (including phenoxy) is 1. The van der Waals surface area contributed by atoms with E-state index < -0.39 is 0 Å². The van der Waals surface area contributed by atoms with E-state index in [4.69, 9.17) is 4.74 Å². The lowest BCUT2D eigenvalue weighted by Crippen LogP contribution is -2.28. The fraction of sp³-hybridized carbons (Fsp3) is 0.357. The number of amides is 1. The van der Waals surface area contributed by atoms with Crippen LogP contribution in [0.3, 0.4) is 0 Å². The van der Waals surface area contributed by atoms with Crippen molar-refractivity contribution < 1.29 is 9.53 Å². The molecule has 104 valence electrons. The molecule has 6 nitrogen and oxygen atoms in total. The Bertz CT molecular complexity index is 576. The van der Waals surface area contributed by atoms with Gasteiger partial charge in [-0.15, -0.1) is 0 Å². The number of nitrogens with one attached hydrogen (secondary N) is 1. The first-order chi connectivity index (χ1) is 9.83. The maximum Gasteiger partial charge on any atom is 0.254 e. The summed E-state index contributed by atoms with van der Waals surface area (Å²) < 4.78 is 7.09. The first kappa shape index (κ1) is 12.8. The van der Waals surface area contributed by atoms with Gasteiger partial charge in [-0.05, 0) is 25.0 Å². The van der Waals surface area contributed by atoms with Crippen LogP contribution in [0.1, 0.15) is 18.5 Å². The van der Waals surface area contributed by atoms with E-state index in [1.165, 1.54) is 0 Å². The van der Waals surface area contributed by atoms with Crippen molar-refractivity contribution in [2.24, 2.45) is 0 Å². The summed E-state index contributed by atoms with van der Waals surface area (Å²) in [6.45, 7) is 1.18. The van der Waals surface area contributed by atoms with Crippen LogP contribution in [-0.4, -0.2) is 33.4 Å². The van der Waals surface area contributed by atoms with Gasteiger partial charge in [-0.3, -0.25) is 9.78 Å². The Kier molecular flexibility index (Phi) is 3.73. The third-order valence-electron chi connectivity index (χ3n) is 3.23. The SMILES string of the molecule is O=C(Nc1ccnn1Cc1ccccn1)C1CCCO1. The largest absolute Gasteiger partial charge is 0.368 e. The average Bonchev–Trinajstić information content (AvgIpc) is 3.12. The van der Waals surface area contributed by atoms with E-state index in [2.05, 4.69) is 15.4 Å². The average molecular weight is 272 g/mol. The predicted octanol–water partition coefficient (Wildman–Crippen LogP) is 1.44. The third-order valence-corrected chi connectivity index (χ3v) is 3.23. The highest BCUT2D eigenvalue weighted by atomic mass is 16.5. The summed E-state index contributed by atoms with van der Waals surface area (Å²) in [6.07, 6.45) is 4.77. The van der Waals surface area contributed by atoms with Crippen LogP contribution < -0.4 is 5.32 Å². The smallest absolute Gasteiger partial charge is 0.254 e. The molecule has 1 atom stereocenters. The van der Waals surface area contributed by atoms with E-state index in [1.807, 2.05) is 18.2 Å². The van der Waals surface area contributed by atoms with Crippen molar-refractivity contribution in [1.82, 2.24) is 14.8 Å². The van der Waals surface area contributed by atoms with Crippen LogP contribution >= 0.6 is 0 Å². The topological polar surface area (TPSA) is 69.0 Å². The summed E-state index contributed by atoms with van der Waals surface area (Å²) in [4.78, 5) is 16.3. The Morgan fingerprint density at radius 2 is 2.35 bits per heavy atom. The lowest BCUT2D eigenvalue weighted by atomic mass is 10.2. The van der Waals surface area contributed by atoms with Crippen molar-refractivity contribution in [3.8, 4) is 0 Å². The summed E-state index contributed by atoms with van der Waals surface area (Å²) in [5, 5.41) is 7.07. The molecule has 3 rings (SSSR count). The van der Waals surface area contributed by atoms with E-state index in [-0.39, 0.29) is 12.0 Å². The molecule has 0 saturated carbocycles. The molecule has 1 N–H and O–H groups in total. The summed E-state index contributed by atoms with van der Waals surface area (Å²) >= 11 is 0. The van der Waals surface area contributed by atoms with Crippen LogP contribution in [0.25, 0.3) is 0 Å². The quantitative estimate of drug-likeness (QED) is 0.914. The standard InChI is InChI=1S/C14H16N4O2/c19-14(12-5-3-9-20-12)17-13-6-8-16-18(13)10-11-4-1-2-7-15-11/h1-2,4,6-8,12H,3,5,9-10H2,(H,17,19). The molecule has 20 heavy (non-hydrogen) atoms. The molecule has 0 spiro atoms. The zero-order chi connectivity index (χ0) is 13.8. The van der Waals surface area contributed by atoms with Gasteiger partial charge in [0.1, 0.15) is 11.9 Å². The molecule has 1 aliphatic rings. The molecule has 1 unspecified atom stereocenters. The minimum atomic E-state index is -0.340. The molecule has 0 radical (unpaired) electrons. The van der Waals surface area contributed by atoms with Crippen molar-refractivity contribution in [3.05, 3.63) is 42.4 Å². The maximum absolute atomic E-state index is 12.0. The predicted molar refractivity (Wildman–Crippen MR) is 73.2 cm³/mol. The number of carbonyl (C=O) groups excluding carboxylic acids is 1. The number of aromatic nitrogens is 3. The molecule has 0 aliphatic carbocycles. The highest BCUT2D eigenvalue weighted by Gasteiger charge is 2.24. The van der Waals surface area contributed by atoms with Crippen molar-refractivity contribution in [3.63, 3.8) is 0 Å². The molecule has 6 heteroatoms. The zero-order valence-corrected chi connectivity index (χ0v) is 11.0. The second-order valence-corrected chi connectivity index (χ2v) is 4.69. The summed E-state index contributed by atoms with van der Waals surface area (Å²) in [7, 11) is 0. The van der Waals surface area contributed by atoms with Crippen LogP contribution in [0.2, 0.25) is 0 Å². The maximum atomic E-state index is 12.0. The van der Waals surface area contributed by atoms with Gasteiger partial charge in [0.25, 0.3) is 5.91 Å². The van der Waals surface area contributed by atoms with Gasteiger partial charge in [0, 0.05) is 18.9 Å². The van der Waals surface area contributed by atoms with E-state index in [9.17, 15) is 4.79 Å². The summed E-state index contributed by atoms with van der Waals surface area (Å²) in [6, 6.07) is 7.49. The molecule has 2 aromatic heterocycles. The Hall–Kier alpha value is -2.21. The van der Waals surface area contributed by atoms with Gasteiger partial charge in [0.05, 0.1) is 18.4 Å². The number of pyridine rings is 1. The van der Waals surface area contributed by atoms with E-state index >= 15 is 0 Å². The Morgan fingerprint density at radius 1 is 1.40 bits per heavy atom. The van der Waals surface area contributed by atoms with Crippen LogP contribution in [0.4, 0.5) is 5.82 Å². The second kappa shape index (κ2) is 5.83. The van der Waals surface area contributed by atoms with Gasteiger partial charge >= 0.3 is 0 Å². The molecular weight excluding hydrogens is 256 g/mol. The number of rotatable bonds is 4. The minimum absolute atomic E-state index is 0.106. The monoisotopic (exact) mass is 272 g/mol. The van der Waals surface area contributed by atoms with Crippen molar-refractivity contribution in [1.29, 1.82) is 0 Å². The molecule has 1 saturated heterocycles. The molecule has 1 aliphatic heterocycles. The fourth-order valence-electron chi connectivity index (χ4n) is 2.20. The van der Waals surface area contributed by atoms with Gasteiger partial charge in [-0.1, -0.05) is 6.07 Å². The van der Waals surface area contributed by atoms with Crippen LogP contribution in [0.5, 0.6) is 0 Å². The Morgan fingerprint density at radius 3 is 3.10 bits per heavy atom. The first-order valence-electron chi connectivity index (χ1n) is 6.67. The van der Waals surface area contributed by atoms with Crippen LogP contribution in [-0.2, 0) is 16.1 Å². The molecular formula is C14H16N4O2. The third kappa shape index (κ3) is 2.85. The molecule has 1 fully saturated rings. The van der Waals surface area contributed by atoms with E-state index in [0.717, 1.165) is 18.5 Å². The summed E-state index contributed by atoms with van der Waals surface area (Å²) in [5.41, 5.74) is 0.892. The number of hydrogen-bond acceptors (Lipinski definition) is 4. The highest BCUT2D eigenvalue weighted by molar-refractivity contribution is 5.93. The van der Waals surface area contributed by atoms with Gasteiger partial charge < -0.3 is 10.1 Å². The highest BCUT2D eigenvalue weighted by Crippen LogP contribution is 2.15. The van der Waals surface area contributed by atoms with Crippen molar-refractivity contribution in [2.45, 2.75) is 25.5 Å². The Labute approximate surface area is 116 Å². The lowest BCUT2D eigenvalue weighted by Gasteiger charge is -2.12. The lowest BCUT2D eigenvalue weighted by molar-refractivity contribution is -0.124. The first-order valence-corrected chi connectivity index (χ1v) is 6.67. The number of carbonyl (C=O) groups is 1. The van der Waals surface area contributed by atoms with Crippen molar-refractivity contribution >= 4 is 11.7 Å². The second-order valence-electron chi connectivity index (χ2n) is 4.69. The molecule has 2 aromatic rings. The van der Waals surface area contributed by atoms with Crippen LogP contribution in [0, 0.1) is 0 Å². The van der Waals surface area contributed by atoms with E-state index in [1.54, 1.807) is 23.1 Å². The number of anilines is 1. The molecule has 3 heterocycles. The zero-order valence-electron chi connectivity index (χ0n) is 11.0. The van der Waals surface area contributed by atoms with Crippen molar-refractivity contribution in [2.75, 3.05) is 11.9 Å². The van der Waals surface area contributed by atoms with E-state index in [0.29, 0.717) is 19.0 Å². The Balaban J connectivity index is 1.68. The molecule has 0 aromatic carbocycles. The van der Waals surface area contributed by atoms with Crippen LogP contribution in [0.15, 0.2) is 36.7 Å². The van der Waals surface area contributed by atoms with Gasteiger partial charge in [0.15, 0.2) is 0 Å². The van der Waals surface area contributed by atoms with Gasteiger partial charge in [0.2, 0.25) is 0 Å². The number of hydrogen-bond donors (Lipinski definition) is 1.